The summed E-state index contributed by atoms with van der Waals surface area (Å²) in [5.74, 6) is -0.248. The minimum atomic E-state index is -4.85. The Morgan fingerprint density at radius 3 is 2.00 bits per heavy atom. The maximum atomic E-state index is 13.9. The molecule has 0 aliphatic rings. The van der Waals surface area contributed by atoms with E-state index in [2.05, 4.69) is 15.9 Å². The first kappa shape index (κ1) is 24.1. The molecule has 0 radical (unpaired) electrons. The number of benzene rings is 4. The van der Waals surface area contributed by atoms with Crippen molar-refractivity contribution in [2.45, 2.75) is 12.8 Å². The van der Waals surface area contributed by atoms with E-state index in [4.69, 9.17) is 4.52 Å². The molecule has 0 aliphatic heterocycles. The number of ketones is 1. The van der Waals surface area contributed by atoms with Gasteiger partial charge in [-0.25, -0.2) is 4.57 Å². The first-order valence-electron chi connectivity index (χ1n) is 10.6. The Balaban J connectivity index is 1.93. The zero-order chi connectivity index (χ0) is 24.1. The number of phosphoric ester groups is 1. The molecule has 0 aliphatic carbocycles. The molecule has 0 fully saturated rings. The predicted octanol–water partition coefficient (Wildman–Crippen LogP) is 6.33. The molecule has 0 spiro atoms. The van der Waals surface area contributed by atoms with E-state index < -0.39 is 7.82 Å². The Hall–Kier alpha value is -3.02. The van der Waals surface area contributed by atoms with Crippen LogP contribution in [0, 0.1) is 0 Å². The molecule has 4 aromatic rings. The lowest BCUT2D eigenvalue weighted by Gasteiger charge is -2.19. The van der Waals surface area contributed by atoms with E-state index in [1.807, 2.05) is 66.7 Å². The van der Waals surface area contributed by atoms with Crippen LogP contribution in [0.3, 0.4) is 0 Å². The summed E-state index contributed by atoms with van der Waals surface area (Å²) in [4.78, 5) is 33.0. The van der Waals surface area contributed by atoms with Crippen molar-refractivity contribution in [3.8, 4) is 5.75 Å². The molecular formula is C27H22BrO5P. The van der Waals surface area contributed by atoms with Gasteiger partial charge in [0, 0.05) is 27.6 Å². The van der Waals surface area contributed by atoms with Crippen molar-refractivity contribution in [3.05, 3.63) is 135 Å². The molecule has 0 saturated heterocycles. The summed E-state index contributed by atoms with van der Waals surface area (Å²) < 4.78 is 17.6. The van der Waals surface area contributed by atoms with Gasteiger partial charge in [-0.2, -0.15) is 0 Å². The van der Waals surface area contributed by atoms with Crippen LogP contribution in [0.2, 0.25) is 0 Å². The number of rotatable bonds is 8. The molecule has 4 aromatic carbocycles. The molecule has 34 heavy (non-hydrogen) atoms. The highest BCUT2D eigenvalue weighted by Crippen LogP contribution is 2.42. The van der Waals surface area contributed by atoms with Crippen molar-refractivity contribution >= 4 is 29.5 Å². The topological polar surface area (TPSA) is 83.8 Å². The zero-order valence-electron chi connectivity index (χ0n) is 18.1. The summed E-state index contributed by atoms with van der Waals surface area (Å²) in [6.45, 7) is 0. The Labute approximate surface area is 206 Å². The van der Waals surface area contributed by atoms with Crippen LogP contribution in [0.25, 0.3) is 0 Å². The molecule has 0 unspecified atom stereocenters. The van der Waals surface area contributed by atoms with Crippen molar-refractivity contribution in [1.82, 2.24) is 0 Å². The van der Waals surface area contributed by atoms with Gasteiger partial charge in [-0.1, -0.05) is 94.8 Å². The molecule has 4 rings (SSSR count). The molecule has 0 bridgehead atoms. The van der Waals surface area contributed by atoms with E-state index in [9.17, 15) is 19.1 Å². The number of phosphoric acid groups is 1. The van der Waals surface area contributed by atoms with Crippen LogP contribution in [0.1, 0.15) is 38.2 Å². The van der Waals surface area contributed by atoms with Crippen LogP contribution >= 0.6 is 23.8 Å². The fraction of sp³-hybridized carbons (Fsp3) is 0.0741. The highest BCUT2D eigenvalue weighted by Gasteiger charge is 2.26. The molecule has 172 valence electrons. The van der Waals surface area contributed by atoms with Gasteiger partial charge in [0.25, 0.3) is 0 Å². The number of hydrogen-bond acceptors (Lipinski definition) is 3. The smallest absolute Gasteiger partial charge is 0.404 e. The Morgan fingerprint density at radius 1 is 0.794 bits per heavy atom. The van der Waals surface area contributed by atoms with E-state index in [1.165, 1.54) is 6.07 Å². The summed E-state index contributed by atoms with van der Waals surface area (Å²) in [7, 11) is -4.85. The predicted molar refractivity (Wildman–Crippen MR) is 135 cm³/mol. The third-order valence-electron chi connectivity index (χ3n) is 5.35. The van der Waals surface area contributed by atoms with E-state index in [0.717, 1.165) is 21.2 Å². The SMILES string of the molecule is O=C(c1cccc(Br)c1)c1c(Cc2ccccc2)ccc(OP(=O)(O)O)c1Cc1ccccc1. The summed E-state index contributed by atoms with van der Waals surface area (Å²) in [5, 5.41) is 0. The number of hydrogen-bond donors (Lipinski definition) is 2. The molecule has 0 atom stereocenters. The summed E-state index contributed by atoms with van der Waals surface area (Å²) in [6, 6.07) is 29.5. The normalized spacial score (nSPS) is 11.3. The molecular weight excluding hydrogens is 515 g/mol. The first-order chi connectivity index (χ1) is 16.3. The van der Waals surface area contributed by atoms with Gasteiger partial charge in [0.2, 0.25) is 0 Å². The van der Waals surface area contributed by atoms with E-state index >= 15 is 0 Å². The van der Waals surface area contributed by atoms with Gasteiger partial charge in [0.1, 0.15) is 5.75 Å². The van der Waals surface area contributed by atoms with Crippen molar-refractivity contribution in [1.29, 1.82) is 0 Å². The molecule has 0 heterocycles. The second-order valence-corrected chi connectivity index (χ2v) is 9.90. The van der Waals surface area contributed by atoms with Gasteiger partial charge in [-0.15, -0.1) is 0 Å². The molecule has 7 heteroatoms. The number of carbonyl (C=O) groups is 1. The lowest BCUT2D eigenvalue weighted by atomic mass is 9.87. The Morgan fingerprint density at radius 2 is 1.41 bits per heavy atom. The van der Waals surface area contributed by atoms with Crippen LogP contribution in [-0.4, -0.2) is 15.6 Å². The van der Waals surface area contributed by atoms with Gasteiger partial charge < -0.3 is 4.52 Å². The second-order valence-electron chi connectivity index (χ2n) is 7.82. The van der Waals surface area contributed by atoms with Crippen molar-refractivity contribution in [2.75, 3.05) is 0 Å². The first-order valence-corrected chi connectivity index (χ1v) is 12.9. The van der Waals surface area contributed by atoms with Crippen LogP contribution in [0.5, 0.6) is 5.75 Å². The zero-order valence-corrected chi connectivity index (χ0v) is 20.6. The van der Waals surface area contributed by atoms with E-state index in [1.54, 1.807) is 24.3 Å². The highest BCUT2D eigenvalue weighted by atomic mass is 79.9. The van der Waals surface area contributed by atoms with Crippen molar-refractivity contribution < 1.29 is 23.7 Å². The fourth-order valence-corrected chi connectivity index (χ4v) is 4.71. The molecule has 2 N–H and O–H groups in total. The summed E-state index contributed by atoms with van der Waals surface area (Å²) in [6.07, 6.45) is 0.752. The highest BCUT2D eigenvalue weighted by molar-refractivity contribution is 9.10. The lowest BCUT2D eigenvalue weighted by molar-refractivity contribution is 0.103. The standard InChI is InChI=1S/C27H22BrO5P/c28-23-13-7-12-22(18-23)27(29)26-21(16-19-8-3-1-4-9-19)14-15-25(33-34(30,31)32)24(26)17-20-10-5-2-6-11-20/h1-15,18H,16-17H2,(H2,30,31,32). The van der Waals surface area contributed by atoms with Gasteiger partial charge in [0.05, 0.1) is 0 Å². The van der Waals surface area contributed by atoms with Crippen LogP contribution in [-0.2, 0) is 17.4 Å². The maximum Gasteiger partial charge on any atom is 0.524 e. The minimum absolute atomic E-state index is 0.00709. The van der Waals surface area contributed by atoms with Gasteiger partial charge in [-0.3, -0.25) is 14.6 Å². The largest absolute Gasteiger partial charge is 0.524 e. The van der Waals surface area contributed by atoms with Crippen molar-refractivity contribution in [3.63, 3.8) is 0 Å². The van der Waals surface area contributed by atoms with Crippen LogP contribution in [0.15, 0.2) is 102 Å². The molecule has 0 amide bonds. The average Bonchev–Trinajstić information content (AvgIpc) is 2.81. The maximum absolute atomic E-state index is 13.9. The Bertz CT molecular complexity index is 1350. The lowest BCUT2D eigenvalue weighted by Crippen LogP contribution is -2.12. The van der Waals surface area contributed by atoms with Gasteiger partial charge in [-0.05, 0) is 41.3 Å². The van der Waals surface area contributed by atoms with E-state index in [-0.39, 0.29) is 18.0 Å². The number of carbonyl (C=O) groups excluding carboxylic acids is 1. The molecule has 0 saturated carbocycles. The van der Waals surface area contributed by atoms with E-state index in [0.29, 0.717) is 23.1 Å². The second kappa shape index (κ2) is 10.5. The van der Waals surface area contributed by atoms with Crippen molar-refractivity contribution in [2.24, 2.45) is 0 Å². The van der Waals surface area contributed by atoms with Crippen LogP contribution < -0.4 is 4.52 Å². The Kier molecular flexibility index (Phi) is 7.44. The van der Waals surface area contributed by atoms with Gasteiger partial charge in [0.15, 0.2) is 5.78 Å². The van der Waals surface area contributed by atoms with Gasteiger partial charge >= 0.3 is 7.82 Å². The fourth-order valence-electron chi connectivity index (χ4n) is 3.89. The third kappa shape index (κ3) is 6.10. The summed E-state index contributed by atoms with van der Waals surface area (Å²) in [5.41, 5.74) is 3.94. The minimum Gasteiger partial charge on any atom is -0.404 e. The quantitative estimate of drug-likeness (QED) is 0.203. The number of halogens is 1. The third-order valence-corrected chi connectivity index (χ3v) is 6.28. The molecule has 0 aromatic heterocycles. The summed E-state index contributed by atoms with van der Waals surface area (Å²) >= 11 is 3.42. The monoisotopic (exact) mass is 536 g/mol. The average molecular weight is 537 g/mol. The molecule has 5 nitrogen and oxygen atoms in total. The van der Waals surface area contributed by atoms with Crippen LogP contribution in [0.4, 0.5) is 0 Å².